The molecule has 1 heterocycles. The van der Waals surface area contributed by atoms with Gasteiger partial charge in [0.05, 0.1) is 6.04 Å². The van der Waals surface area contributed by atoms with Crippen molar-refractivity contribution in [3.05, 3.63) is 47.1 Å². The van der Waals surface area contributed by atoms with E-state index < -0.39 is 18.1 Å². The van der Waals surface area contributed by atoms with Gasteiger partial charge in [-0.1, -0.05) is 29.4 Å². The van der Waals surface area contributed by atoms with Gasteiger partial charge in [-0.25, -0.2) is 0 Å². The summed E-state index contributed by atoms with van der Waals surface area (Å²) in [5.74, 6) is -0.996. The third-order valence-electron chi connectivity index (χ3n) is 3.28. The number of aromatic nitrogens is 2. The summed E-state index contributed by atoms with van der Waals surface area (Å²) >= 11 is 0. The Morgan fingerprint density at radius 2 is 2.05 bits per heavy atom. The van der Waals surface area contributed by atoms with E-state index in [1.807, 2.05) is 18.2 Å². The fourth-order valence-electron chi connectivity index (χ4n) is 2.05. The summed E-state index contributed by atoms with van der Waals surface area (Å²) in [6.45, 7) is 0. The molecule has 7 heteroatoms. The minimum atomic E-state index is -4.65. The first-order chi connectivity index (χ1) is 9.45. The first-order valence-corrected chi connectivity index (χ1v) is 6.21. The van der Waals surface area contributed by atoms with Gasteiger partial charge in [0, 0.05) is 0 Å². The average molecular weight is 283 g/mol. The Morgan fingerprint density at radius 1 is 1.30 bits per heavy atom. The van der Waals surface area contributed by atoms with Crippen LogP contribution in [0.2, 0.25) is 0 Å². The molecule has 3 rings (SSSR count). The third kappa shape index (κ3) is 2.53. The highest BCUT2D eigenvalue weighted by atomic mass is 19.4. The molecule has 1 atom stereocenters. The van der Waals surface area contributed by atoms with Crippen LogP contribution in [0.1, 0.15) is 47.6 Å². The van der Waals surface area contributed by atoms with Gasteiger partial charge in [-0.15, -0.1) is 0 Å². The second-order valence-electron chi connectivity index (χ2n) is 4.88. The molecule has 0 amide bonds. The normalized spacial score (nSPS) is 17.2. The SMILES string of the molecule is NC(c1cccc(C2CC2)c1)c1noc(C(F)(F)F)n1. The van der Waals surface area contributed by atoms with Crippen molar-refractivity contribution in [3.8, 4) is 0 Å². The lowest BCUT2D eigenvalue weighted by atomic mass is 10.0. The van der Waals surface area contributed by atoms with Crippen molar-refractivity contribution in [1.29, 1.82) is 0 Å². The van der Waals surface area contributed by atoms with Gasteiger partial charge in [-0.05, 0) is 29.9 Å². The number of hydrogen-bond acceptors (Lipinski definition) is 4. The zero-order valence-corrected chi connectivity index (χ0v) is 10.4. The first kappa shape index (κ1) is 13.1. The molecule has 1 aliphatic carbocycles. The van der Waals surface area contributed by atoms with E-state index in [0.29, 0.717) is 11.5 Å². The summed E-state index contributed by atoms with van der Waals surface area (Å²) in [5, 5.41) is 3.32. The van der Waals surface area contributed by atoms with Gasteiger partial charge < -0.3 is 10.3 Å². The van der Waals surface area contributed by atoms with Crippen LogP contribution >= 0.6 is 0 Å². The molecule has 2 N–H and O–H groups in total. The van der Waals surface area contributed by atoms with Gasteiger partial charge in [0.2, 0.25) is 0 Å². The molecular formula is C13H12F3N3O. The van der Waals surface area contributed by atoms with Crippen molar-refractivity contribution in [2.24, 2.45) is 5.73 Å². The summed E-state index contributed by atoms with van der Waals surface area (Å²) in [6, 6.07) is 6.65. The fourth-order valence-corrected chi connectivity index (χ4v) is 2.05. The van der Waals surface area contributed by atoms with Crippen molar-refractivity contribution in [3.63, 3.8) is 0 Å². The van der Waals surface area contributed by atoms with Crippen LogP contribution < -0.4 is 5.73 Å². The molecule has 0 saturated heterocycles. The number of rotatable bonds is 3. The van der Waals surface area contributed by atoms with E-state index in [9.17, 15) is 13.2 Å². The molecule has 1 unspecified atom stereocenters. The summed E-state index contributed by atoms with van der Waals surface area (Å²) in [7, 11) is 0. The predicted molar refractivity (Wildman–Crippen MR) is 63.7 cm³/mol. The van der Waals surface area contributed by atoms with Gasteiger partial charge in [0.1, 0.15) is 0 Å². The first-order valence-electron chi connectivity index (χ1n) is 6.21. The molecule has 1 aliphatic rings. The lowest BCUT2D eigenvalue weighted by Gasteiger charge is -2.09. The Kier molecular flexibility index (Phi) is 3.01. The van der Waals surface area contributed by atoms with Crippen molar-refractivity contribution in [2.45, 2.75) is 31.0 Å². The number of halogens is 3. The van der Waals surface area contributed by atoms with Gasteiger partial charge in [0.15, 0.2) is 5.82 Å². The standard InChI is InChI=1S/C13H12F3N3O/c14-13(15,16)12-18-11(19-20-12)10(17)9-3-1-2-8(6-9)7-4-5-7/h1-3,6-7,10H,4-5,17H2. The zero-order chi connectivity index (χ0) is 14.3. The Bertz CT molecular complexity index is 619. The van der Waals surface area contributed by atoms with E-state index in [1.165, 1.54) is 0 Å². The smallest absolute Gasteiger partial charge is 0.329 e. The summed E-state index contributed by atoms with van der Waals surface area (Å²) in [4.78, 5) is 3.32. The van der Waals surface area contributed by atoms with Crippen LogP contribution in [-0.2, 0) is 6.18 Å². The Hall–Kier alpha value is -1.89. The summed E-state index contributed by atoms with van der Waals surface area (Å²) < 4.78 is 41.4. The Morgan fingerprint density at radius 3 is 2.65 bits per heavy atom. The molecule has 0 bridgehead atoms. The molecule has 106 valence electrons. The minimum absolute atomic E-state index is 0.162. The lowest BCUT2D eigenvalue weighted by molar-refractivity contribution is -0.159. The number of nitrogens with zero attached hydrogens (tertiary/aromatic N) is 2. The fraction of sp³-hybridized carbons (Fsp3) is 0.385. The molecule has 2 aromatic rings. The van der Waals surface area contributed by atoms with E-state index in [2.05, 4.69) is 14.7 Å². The molecule has 0 spiro atoms. The monoisotopic (exact) mass is 283 g/mol. The van der Waals surface area contributed by atoms with Crippen LogP contribution in [0.5, 0.6) is 0 Å². The minimum Gasteiger partial charge on any atom is -0.329 e. The van der Waals surface area contributed by atoms with Gasteiger partial charge in [-0.2, -0.15) is 18.2 Å². The van der Waals surface area contributed by atoms with Crippen LogP contribution in [0.3, 0.4) is 0 Å². The maximum atomic E-state index is 12.4. The van der Waals surface area contributed by atoms with Crippen LogP contribution in [0.15, 0.2) is 28.8 Å². The van der Waals surface area contributed by atoms with Crippen molar-refractivity contribution < 1.29 is 17.7 Å². The lowest BCUT2D eigenvalue weighted by Crippen LogP contribution is -2.14. The number of alkyl halides is 3. The van der Waals surface area contributed by atoms with E-state index >= 15 is 0 Å². The van der Waals surface area contributed by atoms with Crippen LogP contribution in [-0.4, -0.2) is 10.1 Å². The molecule has 1 saturated carbocycles. The average Bonchev–Trinajstić information content (AvgIpc) is 3.13. The summed E-state index contributed by atoms with van der Waals surface area (Å²) in [5.41, 5.74) is 7.74. The molecule has 4 nitrogen and oxygen atoms in total. The third-order valence-corrected chi connectivity index (χ3v) is 3.28. The highest BCUT2D eigenvalue weighted by Crippen LogP contribution is 2.40. The van der Waals surface area contributed by atoms with Gasteiger partial charge in [-0.3, -0.25) is 0 Å². The maximum Gasteiger partial charge on any atom is 0.471 e. The number of nitrogens with two attached hydrogens (primary N) is 1. The van der Waals surface area contributed by atoms with Crippen LogP contribution in [0.4, 0.5) is 13.2 Å². The molecule has 20 heavy (non-hydrogen) atoms. The highest BCUT2D eigenvalue weighted by molar-refractivity contribution is 5.33. The van der Waals surface area contributed by atoms with Crippen molar-refractivity contribution >= 4 is 0 Å². The quantitative estimate of drug-likeness (QED) is 0.940. The van der Waals surface area contributed by atoms with E-state index in [1.54, 1.807) is 6.07 Å². The highest BCUT2D eigenvalue weighted by Gasteiger charge is 2.39. The predicted octanol–water partition coefficient (Wildman–Crippen LogP) is 3.01. The van der Waals surface area contributed by atoms with Crippen LogP contribution in [0, 0.1) is 0 Å². The molecule has 1 fully saturated rings. The molecular weight excluding hydrogens is 271 g/mol. The van der Waals surface area contributed by atoms with E-state index in [4.69, 9.17) is 5.73 Å². The molecule has 1 aromatic heterocycles. The van der Waals surface area contributed by atoms with Crippen molar-refractivity contribution in [1.82, 2.24) is 10.1 Å². The van der Waals surface area contributed by atoms with Crippen molar-refractivity contribution in [2.75, 3.05) is 0 Å². The summed E-state index contributed by atoms with van der Waals surface area (Å²) in [6.07, 6.45) is -2.38. The van der Waals surface area contributed by atoms with Gasteiger partial charge in [0.25, 0.3) is 0 Å². The topological polar surface area (TPSA) is 64.9 Å². The molecule has 0 aliphatic heterocycles. The van der Waals surface area contributed by atoms with Crippen LogP contribution in [0.25, 0.3) is 0 Å². The number of benzene rings is 1. The zero-order valence-electron chi connectivity index (χ0n) is 10.4. The molecule has 1 aromatic carbocycles. The number of hydrogen-bond donors (Lipinski definition) is 1. The maximum absolute atomic E-state index is 12.4. The largest absolute Gasteiger partial charge is 0.471 e. The van der Waals surface area contributed by atoms with E-state index in [-0.39, 0.29) is 5.82 Å². The Balaban J connectivity index is 1.86. The van der Waals surface area contributed by atoms with E-state index in [0.717, 1.165) is 18.4 Å². The second-order valence-corrected chi connectivity index (χ2v) is 4.88. The second kappa shape index (κ2) is 4.59. The van der Waals surface area contributed by atoms with Gasteiger partial charge >= 0.3 is 12.1 Å². The molecule has 0 radical (unpaired) electrons. The Labute approximate surface area is 112 Å².